The number of carbonyl (C=O) groups is 1. The summed E-state index contributed by atoms with van der Waals surface area (Å²) in [5.74, 6) is 0.0114. The summed E-state index contributed by atoms with van der Waals surface area (Å²) in [7, 11) is -3.68. The fraction of sp³-hybridized carbons (Fsp3) is 0.444. The van der Waals surface area contributed by atoms with E-state index in [4.69, 9.17) is 4.74 Å². The Kier molecular flexibility index (Phi) is 6.12. The van der Waals surface area contributed by atoms with Crippen molar-refractivity contribution in [3.8, 4) is 5.75 Å². The van der Waals surface area contributed by atoms with Crippen LogP contribution >= 0.6 is 0 Å². The summed E-state index contributed by atoms with van der Waals surface area (Å²) in [4.78, 5) is 12.3. The van der Waals surface area contributed by atoms with E-state index in [-0.39, 0.29) is 17.3 Å². The molecule has 0 radical (unpaired) electrons. The average molecular weight is 392 g/mol. The van der Waals surface area contributed by atoms with Gasteiger partial charge in [-0.25, -0.2) is 8.42 Å². The van der Waals surface area contributed by atoms with Gasteiger partial charge in [-0.15, -0.1) is 0 Å². The molecule has 1 aliphatic heterocycles. The number of hydrogen-bond donors (Lipinski definition) is 1. The second-order valence-corrected chi connectivity index (χ2v) is 8.22. The van der Waals surface area contributed by atoms with Crippen LogP contribution in [0.2, 0.25) is 0 Å². The standard InChI is InChI=1S/C18H24N4O4S/c1-2-26-16-8-7-15(20-18(23)14-21-10-6-9-19-21)13-17(16)27(24,25)22-11-4-3-5-12-22/h6-10,13H,2-5,11-12,14H2,1H3,(H,20,23). The average Bonchev–Trinajstić information content (AvgIpc) is 3.16. The quantitative estimate of drug-likeness (QED) is 0.779. The molecule has 1 amide bonds. The lowest BCUT2D eigenvalue weighted by atomic mass is 10.2. The normalized spacial score (nSPS) is 15.4. The molecule has 1 aliphatic rings. The first-order valence-corrected chi connectivity index (χ1v) is 10.5. The smallest absolute Gasteiger partial charge is 0.246 e. The minimum Gasteiger partial charge on any atom is -0.492 e. The Hall–Kier alpha value is -2.39. The molecular formula is C18H24N4O4S. The third-order valence-corrected chi connectivity index (χ3v) is 6.24. The molecule has 2 aromatic rings. The van der Waals surface area contributed by atoms with E-state index in [1.807, 2.05) is 0 Å². The third-order valence-electron chi connectivity index (χ3n) is 4.32. The molecule has 3 rings (SSSR count). The second-order valence-electron chi connectivity index (χ2n) is 6.31. The number of rotatable bonds is 7. The van der Waals surface area contributed by atoms with Gasteiger partial charge in [0.05, 0.1) is 6.61 Å². The number of aromatic nitrogens is 2. The van der Waals surface area contributed by atoms with Crippen molar-refractivity contribution in [1.29, 1.82) is 0 Å². The summed E-state index contributed by atoms with van der Waals surface area (Å²) in [5.41, 5.74) is 0.409. The zero-order valence-electron chi connectivity index (χ0n) is 15.3. The number of carbonyl (C=O) groups excluding carboxylic acids is 1. The van der Waals surface area contributed by atoms with E-state index in [9.17, 15) is 13.2 Å². The van der Waals surface area contributed by atoms with Crippen molar-refractivity contribution in [2.75, 3.05) is 25.0 Å². The second kappa shape index (κ2) is 8.53. The zero-order valence-corrected chi connectivity index (χ0v) is 16.1. The lowest BCUT2D eigenvalue weighted by Gasteiger charge is -2.27. The van der Waals surface area contributed by atoms with Crippen molar-refractivity contribution in [3.05, 3.63) is 36.7 Å². The van der Waals surface area contributed by atoms with Crippen molar-refractivity contribution in [1.82, 2.24) is 14.1 Å². The van der Waals surface area contributed by atoms with Crippen LogP contribution in [0.5, 0.6) is 5.75 Å². The van der Waals surface area contributed by atoms with Crippen molar-refractivity contribution < 1.29 is 17.9 Å². The number of piperidine rings is 1. The maximum Gasteiger partial charge on any atom is 0.246 e. The fourth-order valence-corrected chi connectivity index (χ4v) is 4.72. The van der Waals surface area contributed by atoms with Gasteiger partial charge in [-0.3, -0.25) is 9.48 Å². The molecule has 9 heteroatoms. The topological polar surface area (TPSA) is 93.5 Å². The summed E-state index contributed by atoms with van der Waals surface area (Å²) in [6.07, 6.45) is 6.01. The molecule has 8 nitrogen and oxygen atoms in total. The Bertz CT molecular complexity index is 875. The first-order chi connectivity index (χ1) is 13.0. The SMILES string of the molecule is CCOc1ccc(NC(=O)Cn2cccn2)cc1S(=O)(=O)N1CCCCC1. The van der Waals surface area contributed by atoms with E-state index >= 15 is 0 Å². The summed E-state index contributed by atoms with van der Waals surface area (Å²) >= 11 is 0. The van der Waals surface area contributed by atoms with Crippen LogP contribution in [-0.2, 0) is 21.4 Å². The summed E-state index contributed by atoms with van der Waals surface area (Å²) in [6, 6.07) is 6.43. The van der Waals surface area contributed by atoms with E-state index in [2.05, 4.69) is 10.4 Å². The number of sulfonamides is 1. The van der Waals surface area contributed by atoms with Crippen LogP contribution in [0, 0.1) is 0 Å². The van der Waals surface area contributed by atoms with Gasteiger partial charge in [0, 0.05) is 31.2 Å². The van der Waals surface area contributed by atoms with E-state index < -0.39 is 10.0 Å². The molecular weight excluding hydrogens is 368 g/mol. The predicted octanol–water partition coefficient (Wildman–Crippen LogP) is 2.10. The number of nitrogens with one attached hydrogen (secondary N) is 1. The highest BCUT2D eigenvalue weighted by atomic mass is 32.2. The van der Waals surface area contributed by atoms with Crippen molar-refractivity contribution in [2.45, 2.75) is 37.6 Å². The number of anilines is 1. The van der Waals surface area contributed by atoms with Crippen LogP contribution in [0.3, 0.4) is 0 Å². The van der Waals surface area contributed by atoms with Crippen LogP contribution in [0.1, 0.15) is 26.2 Å². The molecule has 2 heterocycles. The lowest BCUT2D eigenvalue weighted by molar-refractivity contribution is -0.116. The monoisotopic (exact) mass is 392 g/mol. The van der Waals surface area contributed by atoms with Gasteiger partial charge in [-0.05, 0) is 44.0 Å². The number of ether oxygens (including phenoxy) is 1. The highest BCUT2D eigenvalue weighted by Gasteiger charge is 2.29. The highest BCUT2D eigenvalue weighted by Crippen LogP contribution is 2.31. The first-order valence-electron chi connectivity index (χ1n) is 9.05. The lowest BCUT2D eigenvalue weighted by Crippen LogP contribution is -2.35. The molecule has 27 heavy (non-hydrogen) atoms. The zero-order chi connectivity index (χ0) is 19.3. The van der Waals surface area contributed by atoms with Crippen molar-refractivity contribution in [3.63, 3.8) is 0 Å². The van der Waals surface area contributed by atoms with E-state index in [0.29, 0.717) is 31.1 Å². The van der Waals surface area contributed by atoms with E-state index in [0.717, 1.165) is 19.3 Å². The Morgan fingerprint density at radius 1 is 1.26 bits per heavy atom. The molecule has 0 saturated carbocycles. The molecule has 0 spiro atoms. The van der Waals surface area contributed by atoms with Crippen LogP contribution in [0.4, 0.5) is 5.69 Å². The third kappa shape index (κ3) is 4.67. The van der Waals surface area contributed by atoms with Gasteiger partial charge in [0.15, 0.2) is 0 Å². The summed E-state index contributed by atoms with van der Waals surface area (Å²) < 4.78 is 34.7. The van der Waals surface area contributed by atoms with Gasteiger partial charge < -0.3 is 10.1 Å². The Balaban J connectivity index is 1.84. The van der Waals surface area contributed by atoms with Crippen LogP contribution in [0.25, 0.3) is 0 Å². The van der Waals surface area contributed by atoms with Crippen molar-refractivity contribution in [2.24, 2.45) is 0 Å². The largest absolute Gasteiger partial charge is 0.492 e. The van der Waals surface area contributed by atoms with E-state index in [1.54, 1.807) is 37.5 Å². The van der Waals surface area contributed by atoms with Gasteiger partial charge in [-0.2, -0.15) is 9.40 Å². The minimum atomic E-state index is -3.68. The number of amides is 1. The predicted molar refractivity (Wildman–Crippen MR) is 101 cm³/mol. The minimum absolute atomic E-state index is 0.0500. The molecule has 0 bridgehead atoms. The number of nitrogens with zero attached hydrogens (tertiary/aromatic N) is 3. The molecule has 1 saturated heterocycles. The molecule has 0 unspecified atom stereocenters. The molecule has 146 valence electrons. The summed E-state index contributed by atoms with van der Waals surface area (Å²) in [6.45, 7) is 3.21. The van der Waals surface area contributed by atoms with Crippen LogP contribution in [0.15, 0.2) is 41.6 Å². The van der Waals surface area contributed by atoms with Gasteiger partial charge >= 0.3 is 0 Å². The highest BCUT2D eigenvalue weighted by molar-refractivity contribution is 7.89. The maximum absolute atomic E-state index is 13.1. The van der Waals surface area contributed by atoms with Crippen LogP contribution < -0.4 is 10.1 Å². The first kappa shape index (κ1) is 19.4. The fourth-order valence-electron chi connectivity index (χ4n) is 3.05. The molecule has 0 atom stereocenters. The van der Waals surface area contributed by atoms with Gasteiger partial charge in [-0.1, -0.05) is 6.42 Å². The molecule has 0 aliphatic carbocycles. The summed E-state index contributed by atoms with van der Waals surface area (Å²) in [5, 5.41) is 6.71. The van der Waals surface area contributed by atoms with Gasteiger partial charge in [0.25, 0.3) is 0 Å². The van der Waals surface area contributed by atoms with Crippen molar-refractivity contribution >= 4 is 21.6 Å². The Morgan fingerprint density at radius 2 is 2.04 bits per heavy atom. The van der Waals surface area contributed by atoms with E-state index in [1.165, 1.54) is 15.1 Å². The van der Waals surface area contributed by atoms with Gasteiger partial charge in [0.2, 0.25) is 15.9 Å². The Labute approximate surface area is 159 Å². The maximum atomic E-state index is 13.1. The number of benzene rings is 1. The van der Waals surface area contributed by atoms with Gasteiger partial charge in [0.1, 0.15) is 17.2 Å². The molecule has 1 fully saturated rings. The molecule has 1 aromatic carbocycles. The Morgan fingerprint density at radius 3 is 2.70 bits per heavy atom. The molecule has 1 aromatic heterocycles. The van der Waals surface area contributed by atoms with Crippen LogP contribution in [-0.4, -0.2) is 48.1 Å². The molecule has 1 N–H and O–H groups in total. The number of hydrogen-bond acceptors (Lipinski definition) is 5.